The van der Waals surface area contributed by atoms with E-state index in [1.165, 1.54) is 11.3 Å². The molecule has 0 unspecified atom stereocenters. The van der Waals surface area contributed by atoms with Gasteiger partial charge in [0, 0.05) is 10.9 Å². The molecule has 3 N–H and O–H groups in total. The number of hydrogen-bond donors (Lipinski definition) is 2. The summed E-state index contributed by atoms with van der Waals surface area (Å²) in [6.45, 7) is 2.18. The molecule has 0 saturated carbocycles. The molecule has 4 nitrogen and oxygen atoms in total. The number of hydrogen-bond acceptors (Lipinski definition) is 4. The van der Waals surface area contributed by atoms with Crippen LogP contribution in [0.25, 0.3) is 0 Å². The first-order valence-corrected chi connectivity index (χ1v) is 6.28. The molecule has 0 fully saturated rings. The molecule has 0 bridgehead atoms. The second kappa shape index (κ2) is 5.31. The molecule has 0 aliphatic heterocycles. The van der Waals surface area contributed by atoms with Crippen LogP contribution in [0.4, 0.5) is 14.5 Å². The van der Waals surface area contributed by atoms with Crippen LogP contribution in [0.3, 0.4) is 0 Å². The molecule has 0 saturated heterocycles. The summed E-state index contributed by atoms with van der Waals surface area (Å²) in [5, 5.41) is 2.80. The number of nitrogens with one attached hydrogen (secondary N) is 1. The average molecular weight is 283 g/mol. The zero-order chi connectivity index (χ0) is 14.0. The smallest absolute Gasteiger partial charge is 0.251 e. The van der Waals surface area contributed by atoms with Crippen molar-refractivity contribution in [3.63, 3.8) is 0 Å². The normalized spacial score (nSPS) is 10.5. The Labute approximate surface area is 112 Å². The molecule has 2 rings (SSSR count). The van der Waals surface area contributed by atoms with Crippen molar-refractivity contribution in [1.29, 1.82) is 0 Å². The monoisotopic (exact) mass is 283 g/mol. The van der Waals surface area contributed by atoms with Crippen molar-refractivity contribution >= 4 is 22.9 Å². The Hall–Kier alpha value is -2.02. The molecular formula is C12H11F2N3OS. The fraction of sp³-hybridized carbons (Fsp3) is 0.167. The van der Waals surface area contributed by atoms with Crippen LogP contribution >= 0.6 is 11.3 Å². The lowest BCUT2D eigenvalue weighted by Crippen LogP contribution is -2.14. The number of halogens is 2. The number of nitrogens with zero attached hydrogens (tertiary/aromatic N) is 1. The van der Waals surface area contributed by atoms with Crippen molar-refractivity contribution in [3.8, 4) is 0 Å². The van der Waals surface area contributed by atoms with Crippen molar-refractivity contribution in [1.82, 2.24) is 4.98 Å². The standard InChI is InChI=1S/C12H11F2N3OS/c1-6-11(19-5-17-6)4-16-10-2-7(12(15)18)8(13)3-9(10)14/h2-3,5,16H,4H2,1H3,(H2,15,18). The Morgan fingerprint density at radius 2 is 2.16 bits per heavy atom. The second-order valence-corrected chi connectivity index (χ2v) is 4.83. The summed E-state index contributed by atoms with van der Waals surface area (Å²) in [7, 11) is 0. The van der Waals surface area contributed by atoms with E-state index in [4.69, 9.17) is 5.73 Å². The van der Waals surface area contributed by atoms with E-state index in [0.29, 0.717) is 12.6 Å². The first-order valence-electron chi connectivity index (χ1n) is 5.40. The van der Waals surface area contributed by atoms with Gasteiger partial charge in [0.2, 0.25) is 0 Å². The van der Waals surface area contributed by atoms with Gasteiger partial charge in [-0.05, 0) is 13.0 Å². The van der Waals surface area contributed by atoms with Crippen LogP contribution in [-0.2, 0) is 6.54 Å². The molecular weight excluding hydrogens is 272 g/mol. The van der Waals surface area contributed by atoms with Gasteiger partial charge >= 0.3 is 0 Å². The van der Waals surface area contributed by atoms with Crippen LogP contribution in [0, 0.1) is 18.6 Å². The zero-order valence-electron chi connectivity index (χ0n) is 10.0. The summed E-state index contributed by atoms with van der Waals surface area (Å²) in [5.41, 5.74) is 7.22. The second-order valence-electron chi connectivity index (χ2n) is 3.89. The van der Waals surface area contributed by atoms with Crippen molar-refractivity contribution in [2.24, 2.45) is 5.73 Å². The van der Waals surface area contributed by atoms with Gasteiger partial charge in [-0.25, -0.2) is 13.8 Å². The van der Waals surface area contributed by atoms with Crippen LogP contribution in [0.1, 0.15) is 20.9 Å². The van der Waals surface area contributed by atoms with Crippen LogP contribution in [-0.4, -0.2) is 10.9 Å². The lowest BCUT2D eigenvalue weighted by molar-refractivity contribution is 0.0996. The predicted molar refractivity (Wildman–Crippen MR) is 69.1 cm³/mol. The van der Waals surface area contributed by atoms with Gasteiger partial charge in [0.1, 0.15) is 11.6 Å². The molecule has 0 aliphatic rings. The quantitative estimate of drug-likeness (QED) is 0.905. The van der Waals surface area contributed by atoms with E-state index in [-0.39, 0.29) is 11.3 Å². The maximum Gasteiger partial charge on any atom is 0.251 e. The number of amides is 1. The first-order chi connectivity index (χ1) is 8.99. The minimum absolute atomic E-state index is 0.0306. The molecule has 2 aromatic rings. The third-order valence-electron chi connectivity index (χ3n) is 2.61. The van der Waals surface area contributed by atoms with E-state index in [9.17, 15) is 13.6 Å². The average Bonchev–Trinajstić information content (AvgIpc) is 2.73. The van der Waals surface area contributed by atoms with Gasteiger partial charge in [0.25, 0.3) is 5.91 Å². The number of benzene rings is 1. The number of aromatic nitrogens is 1. The fourth-order valence-corrected chi connectivity index (χ4v) is 2.26. The Morgan fingerprint density at radius 1 is 1.42 bits per heavy atom. The minimum Gasteiger partial charge on any atom is -0.378 e. The number of aryl methyl sites for hydroxylation is 1. The number of thiazole rings is 1. The van der Waals surface area contributed by atoms with Crippen LogP contribution in [0.15, 0.2) is 17.6 Å². The third-order valence-corrected chi connectivity index (χ3v) is 3.54. The predicted octanol–water partition coefficient (Wildman–Crippen LogP) is 2.44. The van der Waals surface area contributed by atoms with Crippen LogP contribution < -0.4 is 11.1 Å². The van der Waals surface area contributed by atoms with E-state index in [0.717, 1.165) is 16.6 Å². The summed E-state index contributed by atoms with van der Waals surface area (Å²) in [6, 6.07) is 1.71. The van der Waals surface area contributed by atoms with Crippen molar-refractivity contribution in [2.75, 3.05) is 5.32 Å². The lowest BCUT2D eigenvalue weighted by atomic mass is 10.1. The highest BCUT2D eigenvalue weighted by Gasteiger charge is 2.14. The molecule has 100 valence electrons. The molecule has 1 aromatic carbocycles. The zero-order valence-corrected chi connectivity index (χ0v) is 10.9. The molecule has 19 heavy (non-hydrogen) atoms. The first kappa shape index (κ1) is 13.4. The number of anilines is 1. The maximum absolute atomic E-state index is 13.6. The maximum atomic E-state index is 13.6. The molecule has 0 spiro atoms. The Kier molecular flexibility index (Phi) is 3.75. The third kappa shape index (κ3) is 2.87. The summed E-state index contributed by atoms with van der Waals surface area (Å²) in [4.78, 5) is 16.0. The molecule has 1 amide bonds. The van der Waals surface area contributed by atoms with E-state index in [1.54, 1.807) is 5.51 Å². The summed E-state index contributed by atoms with van der Waals surface area (Å²) < 4.78 is 26.8. The SMILES string of the molecule is Cc1ncsc1CNc1cc(C(N)=O)c(F)cc1F. The lowest BCUT2D eigenvalue weighted by Gasteiger charge is -2.09. The fourth-order valence-electron chi connectivity index (χ4n) is 1.54. The van der Waals surface area contributed by atoms with Crippen molar-refractivity contribution in [2.45, 2.75) is 13.5 Å². The summed E-state index contributed by atoms with van der Waals surface area (Å²) in [6.07, 6.45) is 0. The van der Waals surface area contributed by atoms with Gasteiger partial charge in [-0.1, -0.05) is 0 Å². The van der Waals surface area contributed by atoms with Gasteiger partial charge in [-0.2, -0.15) is 0 Å². The van der Waals surface area contributed by atoms with E-state index in [2.05, 4.69) is 10.3 Å². The van der Waals surface area contributed by atoms with Gasteiger partial charge in [0.05, 0.1) is 29.0 Å². The van der Waals surface area contributed by atoms with Gasteiger partial charge < -0.3 is 11.1 Å². The molecule has 0 radical (unpaired) electrons. The van der Waals surface area contributed by atoms with Gasteiger partial charge in [-0.3, -0.25) is 4.79 Å². The number of carbonyl (C=O) groups is 1. The van der Waals surface area contributed by atoms with Crippen molar-refractivity contribution in [3.05, 3.63) is 45.4 Å². The summed E-state index contributed by atoms with van der Waals surface area (Å²) in [5.74, 6) is -2.68. The number of primary amides is 1. The van der Waals surface area contributed by atoms with Gasteiger partial charge in [0.15, 0.2) is 0 Å². The van der Waals surface area contributed by atoms with Crippen molar-refractivity contribution < 1.29 is 13.6 Å². The Morgan fingerprint density at radius 3 is 2.74 bits per heavy atom. The Balaban J connectivity index is 2.23. The number of rotatable bonds is 4. The molecule has 1 aromatic heterocycles. The largest absolute Gasteiger partial charge is 0.378 e. The highest BCUT2D eigenvalue weighted by Crippen LogP contribution is 2.21. The summed E-state index contributed by atoms with van der Waals surface area (Å²) >= 11 is 1.43. The molecule has 0 aliphatic carbocycles. The number of carbonyl (C=O) groups excluding carboxylic acids is 1. The van der Waals surface area contributed by atoms with Crippen LogP contribution in [0.5, 0.6) is 0 Å². The molecule has 0 atom stereocenters. The molecule has 1 heterocycles. The van der Waals surface area contributed by atoms with Crippen LogP contribution in [0.2, 0.25) is 0 Å². The van der Waals surface area contributed by atoms with E-state index < -0.39 is 17.5 Å². The highest BCUT2D eigenvalue weighted by atomic mass is 32.1. The highest BCUT2D eigenvalue weighted by molar-refractivity contribution is 7.09. The minimum atomic E-state index is -0.968. The van der Waals surface area contributed by atoms with E-state index in [1.807, 2.05) is 6.92 Å². The Bertz CT molecular complexity index is 627. The number of nitrogens with two attached hydrogens (primary N) is 1. The van der Waals surface area contributed by atoms with Gasteiger partial charge in [-0.15, -0.1) is 11.3 Å². The topological polar surface area (TPSA) is 68.0 Å². The van der Waals surface area contributed by atoms with E-state index >= 15 is 0 Å². The molecule has 7 heteroatoms.